The summed E-state index contributed by atoms with van der Waals surface area (Å²) in [5, 5.41) is 12.3. The van der Waals surface area contributed by atoms with Crippen LogP contribution in [0.4, 0.5) is 0 Å². The van der Waals surface area contributed by atoms with E-state index in [-0.39, 0.29) is 49.8 Å². The Morgan fingerprint density at radius 1 is 0.974 bits per heavy atom. The lowest BCUT2D eigenvalue weighted by molar-refractivity contribution is -0.153. The monoisotopic (exact) mass is 534 g/mol. The van der Waals surface area contributed by atoms with Gasteiger partial charge in [0.2, 0.25) is 11.8 Å². The molecule has 210 valence electrons. The van der Waals surface area contributed by atoms with Crippen molar-refractivity contribution < 1.29 is 24.2 Å². The summed E-state index contributed by atoms with van der Waals surface area (Å²) >= 11 is 0. The Labute approximate surface area is 232 Å². The molecule has 2 rings (SSSR count). The van der Waals surface area contributed by atoms with Gasteiger partial charge in [0, 0.05) is 19.5 Å². The number of hydrogen-bond donors (Lipinski definition) is 2. The number of aliphatic hydroxyl groups is 1. The summed E-state index contributed by atoms with van der Waals surface area (Å²) in [5.41, 5.74) is 2.00. The van der Waals surface area contributed by atoms with Gasteiger partial charge in [-0.2, -0.15) is 0 Å². The van der Waals surface area contributed by atoms with Crippen LogP contribution in [0.5, 0.6) is 0 Å². The number of benzene rings is 2. The van der Waals surface area contributed by atoms with Crippen LogP contribution in [0.3, 0.4) is 0 Å². The van der Waals surface area contributed by atoms with E-state index in [4.69, 9.17) is 4.74 Å². The Morgan fingerprint density at radius 2 is 1.62 bits per heavy atom. The Kier molecular flexibility index (Phi) is 14.3. The second-order valence-electron chi connectivity index (χ2n) is 9.70. The highest BCUT2D eigenvalue weighted by atomic mass is 16.5. The molecule has 39 heavy (non-hydrogen) atoms. The van der Waals surface area contributed by atoms with Gasteiger partial charge in [-0.25, -0.2) is 0 Å². The highest BCUT2D eigenvalue weighted by Gasteiger charge is 2.26. The molecule has 0 heterocycles. The number of amides is 2. The van der Waals surface area contributed by atoms with Gasteiger partial charge in [0.05, 0.1) is 25.0 Å². The van der Waals surface area contributed by atoms with Gasteiger partial charge in [-0.05, 0) is 43.7 Å². The number of aliphatic hydroxyl groups excluding tert-OH is 1. The molecule has 2 aromatic carbocycles. The average molecular weight is 535 g/mol. The van der Waals surface area contributed by atoms with Crippen molar-refractivity contribution in [3.8, 4) is 0 Å². The molecule has 0 aliphatic carbocycles. The van der Waals surface area contributed by atoms with Crippen molar-refractivity contribution in [3.05, 3.63) is 97.1 Å². The number of nitrogens with zero attached hydrogens (tertiary/aromatic N) is 1. The summed E-state index contributed by atoms with van der Waals surface area (Å²) in [6.45, 7) is 9.72. The van der Waals surface area contributed by atoms with Crippen LogP contribution in [0.25, 0.3) is 0 Å². The van der Waals surface area contributed by atoms with Gasteiger partial charge in [0.25, 0.3) is 0 Å². The molecule has 2 N–H and O–H groups in total. The molecule has 0 fully saturated rings. The molecule has 0 saturated heterocycles. The molecular formula is C32H42N2O5. The van der Waals surface area contributed by atoms with E-state index >= 15 is 0 Å². The van der Waals surface area contributed by atoms with Crippen LogP contribution in [0, 0.1) is 11.8 Å². The normalized spacial score (nSPS) is 13.0. The van der Waals surface area contributed by atoms with Crippen LogP contribution >= 0.6 is 0 Å². The van der Waals surface area contributed by atoms with Crippen molar-refractivity contribution in [3.63, 3.8) is 0 Å². The minimum atomic E-state index is -0.617. The Balaban J connectivity index is 1.92. The lowest BCUT2D eigenvalue weighted by Gasteiger charge is -2.25. The van der Waals surface area contributed by atoms with Gasteiger partial charge >= 0.3 is 5.97 Å². The van der Waals surface area contributed by atoms with E-state index in [1.807, 2.05) is 60.7 Å². The maximum atomic E-state index is 13.0. The molecule has 2 amide bonds. The summed E-state index contributed by atoms with van der Waals surface area (Å²) in [6, 6.07) is 19.3. The Hall–Kier alpha value is -3.71. The van der Waals surface area contributed by atoms with Gasteiger partial charge in [-0.1, -0.05) is 72.8 Å². The molecule has 0 saturated carbocycles. The lowest BCUT2D eigenvalue weighted by atomic mass is 9.95. The predicted octanol–water partition coefficient (Wildman–Crippen LogP) is 4.46. The molecule has 2 aromatic rings. The third-order valence-electron chi connectivity index (χ3n) is 6.44. The highest BCUT2D eigenvalue weighted by molar-refractivity contribution is 5.86. The van der Waals surface area contributed by atoms with Crippen molar-refractivity contribution in [1.29, 1.82) is 0 Å². The zero-order valence-corrected chi connectivity index (χ0v) is 23.0. The minimum absolute atomic E-state index is 0.0143. The van der Waals surface area contributed by atoms with Crippen molar-refractivity contribution in [2.24, 2.45) is 11.8 Å². The third kappa shape index (κ3) is 11.7. The first-order valence-electron chi connectivity index (χ1n) is 13.5. The van der Waals surface area contributed by atoms with Crippen LogP contribution in [0.2, 0.25) is 0 Å². The fourth-order valence-corrected chi connectivity index (χ4v) is 4.29. The molecule has 7 nitrogen and oxygen atoms in total. The lowest BCUT2D eigenvalue weighted by Crippen LogP contribution is -2.40. The standard InChI is InChI=1S/C32H42N2O5/c1-4-6-18-29(21-26-14-9-7-10-15-26)32(38)39-25(3)23-33-31(37)28(13-5-2)22-30(36)34(19-20-35)24-27-16-11-8-12-17-27/h4-5,7-12,14-17,25,28-29,35H,1-2,6,13,18-24H2,3H3,(H,33,37)/t25-,28+,29+/m0/s1. The number of nitrogens with one attached hydrogen (secondary N) is 1. The summed E-state index contributed by atoms with van der Waals surface area (Å²) in [4.78, 5) is 40.5. The van der Waals surface area contributed by atoms with Crippen LogP contribution in [-0.4, -0.2) is 53.6 Å². The summed E-state index contributed by atoms with van der Waals surface area (Å²) in [6.07, 6.45) is 5.08. The number of ether oxygens (including phenoxy) is 1. The fourth-order valence-electron chi connectivity index (χ4n) is 4.29. The number of esters is 1. The summed E-state index contributed by atoms with van der Waals surface area (Å²) in [7, 11) is 0. The minimum Gasteiger partial charge on any atom is -0.461 e. The van der Waals surface area contributed by atoms with Crippen LogP contribution in [-0.2, 0) is 32.1 Å². The van der Waals surface area contributed by atoms with Gasteiger partial charge in [-0.15, -0.1) is 13.2 Å². The quantitative estimate of drug-likeness (QED) is 0.217. The molecule has 0 spiro atoms. The first-order chi connectivity index (χ1) is 18.9. The van der Waals surface area contributed by atoms with Crippen molar-refractivity contribution in [2.45, 2.75) is 51.7 Å². The maximum Gasteiger partial charge on any atom is 0.309 e. The largest absolute Gasteiger partial charge is 0.461 e. The zero-order valence-electron chi connectivity index (χ0n) is 23.0. The van der Waals surface area contributed by atoms with Crippen LogP contribution < -0.4 is 5.32 Å². The second-order valence-corrected chi connectivity index (χ2v) is 9.70. The van der Waals surface area contributed by atoms with Crippen molar-refractivity contribution in [2.75, 3.05) is 19.7 Å². The molecule has 0 aromatic heterocycles. The fraction of sp³-hybridized carbons (Fsp3) is 0.406. The van der Waals surface area contributed by atoms with Crippen LogP contribution in [0.15, 0.2) is 86.0 Å². The number of carbonyl (C=O) groups is 3. The SMILES string of the molecule is C=CCC[C@H](Cc1ccccc1)C(=O)O[C@@H](C)CNC(=O)[C@H](CC=C)CC(=O)N(CCO)Cc1ccccc1. The Bertz CT molecular complexity index is 1040. The average Bonchev–Trinajstić information content (AvgIpc) is 2.94. The highest BCUT2D eigenvalue weighted by Crippen LogP contribution is 2.18. The number of rotatable bonds is 18. The van der Waals surface area contributed by atoms with Crippen molar-refractivity contribution in [1.82, 2.24) is 10.2 Å². The smallest absolute Gasteiger partial charge is 0.309 e. The van der Waals surface area contributed by atoms with Gasteiger partial charge in [0.1, 0.15) is 6.10 Å². The first kappa shape index (κ1) is 31.5. The van der Waals surface area contributed by atoms with E-state index in [0.29, 0.717) is 32.2 Å². The van der Waals surface area contributed by atoms with E-state index < -0.39 is 12.0 Å². The summed E-state index contributed by atoms with van der Waals surface area (Å²) < 4.78 is 5.68. The predicted molar refractivity (Wildman–Crippen MR) is 153 cm³/mol. The molecule has 7 heteroatoms. The molecule has 3 atom stereocenters. The topological polar surface area (TPSA) is 95.9 Å². The van der Waals surface area contributed by atoms with Crippen LogP contribution in [0.1, 0.15) is 43.7 Å². The van der Waals surface area contributed by atoms with E-state index in [2.05, 4.69) is 18.5 Å². The molecule has 0 bridgehead atoms. The van der Waals surface area contributed by atoms with Gasteiger partial charge < -0.3 is 20.1 Å². The second kappa shape index (κ2) is 17.7. The zero-order chi connectivity index (χ0) is 28.5. The number of allylic oxidation sites excluding steroid dienone is 2. The summed E-state index contributed by atoms with van der Waals surface area (Å²) in [5.74, 6) is -1.76. The molecule has 0 radical (unpaired) electrons. The van der Waals surface area contributed by atoms with Crippen molar-refractivity contribution >= 4 is 17.8 Å². The van der Waals surface area contributed by atoms with E-state index in [0.717, 1.165) is 11.1 Å². The molecular weight excluding hydrogens is 492 g/mol. The Morgan fingerprint density at radius 3 is 2.21 bits per heavy atom. The van der Waals surface area contributed by atoms with E-state index in [1.54, 1.807) is 24.0 Å². The van der Waals surface area contributed by atoms with E-state index in [9.17, 15) is 19.5 Å². The first-order valence-corrected chi connectivity index (χ1v) is 13.5. The third-order valence-corrected chi connectivity index (χ3v) is 6.44. The number of hydrogen-bond acceptors (Lipinski definition) is 5. The van der Waals surface area contributed by atoms with E-state index in [1.165, 1.54) is 0 Å². The maximum absolute atomic E-state index is 13.0. The molecule has 0 aliphatic heterocycles. The number of carbonyl (C=O) groups excluding carboxylic acids is 3. The molecule has 0 aliphatic rings. The van der Waals surface area contributed by atoms with Gasteiger partial charge in [0.15, 0.2) is 0 Å². The molecule has 0 unspecified atom stereocenters. The van der Waals surface area contributed by atoms with Gasteiger partial charge in [-0.3, -0.25) is 14.4 Å².